The zero-order valence-corrected chi connectivity index (χ0v) is 13.3. The molecule has 0 aliphatic heterocycles. The third kappa shape index (κ3) is 5.21. The van der Waals surface area contributed by atoms with Crippen molar-refractivity contribution in [2.45, 2.75) is 26.3 Å². The molecule has 1 N–H and O–H groups in total. The molecule has 1 amide bonds. The molecule has 0 aliphatic carbocycles. The fraction of sp³-hybridized carbons (Fsp3) is 0.375. The lowest BCUT2D eigenvalue weighted by atomic mass is 10.1. The predicted octanol–water partition coefficient (Wildman–Crippen LogP) is 1.49. The standard InChI is InChI=1S/C16H20N4O3/c1-12(21)13-5-3-6-14(9-13)23-8-4-7-16(22)17-10-15-19-18-11-20(15)2/h3,5-6,9,11H,4,7-8,10H2,1-2H3,(H,17,22). The van der Waals surface area contributed by atoms with Gasteiger partial charge in [0.15, 0.2) is 11.6 Å². The first-order valence-corrected chi connectivity index (χ1v) is 7.39. The molecule has 1 heterocycles. The van der Waals surface area contributed by atoms with Crippen LogP contribution in [0.2, 0.25) is 0 Å². The SMILES string of the molecule is CC(=O)c1cccc(OCCCC(=O)NCc2nncn2C)c1. The average Bonchev–Trinajstić information content (AvgIpc) is 2.95. The molecule has 0 saturated heterocycles. The summed E-state index contributed by atoms with van der Waals surface area (Å²) in [4.78, 5) is 23.0. The first kappa shape index (κ1) is 16.7. The van der Waals surface area contributed by atoms with Gasteiger partial charge in [-0.3, -0.25) is 9.59 Å². The van der Waals surface area contributed by atoms with E-state index in [0.717, 1.165) is 0 Å². The average molecular weight is 316 g/mol. The van der Waals surface area contributed by atoms with E-state index in [4.69, 9.17) is 4.74 Å². The lowest BCUT2D eigenvalue weighted by Gasteiger charge is -2.07. The number of nitrogens with zero attached hydrogens (tertiary/aromatic N) is 3. The molecule has 0 unspecified atom stereocenters. The predicted molar refractivity (Wildman–Crippen MR) is 84.0 cm³/mol. The number of aryl methyl sites for hydroxylation is 1. The minimum absolute atomic E-state index is 0.00129. The zero-order chi connectivity index (χ0) is 16.7. The lowest BCUT2D eigenvalue weighted by Crippen LogP contribution is -2.24. The van der Waals surface area contributed by atoms with Crippen molar-refractivity contribution in [1.82, 2.24) is 20.1 Å². The van der Waals surface area contributed by atoms with Crippen molar-refractivity contribution in [3.63, 3.8) is 0 Å². The summed E-state index contributed by atoms with van der Waals surface area (Å²) in [5.74, 6) is 1.28. The van der Waals surface area contributed by atoms with Gasteiger partial charge in [0.2, 0.25) is 5.91 Å². The maximum absolute atomic E-state index is 11.7. The van der Waals surface area contributed by atoms with Gasteiger partial charge in [0.05, 0.1) is 13.2 Å². The van der Waals surface area contributed by atoms with E-state index in [2.05, 4.69) is 15.5 Å². The Morgan fingerprint density at radius 2 is 2.17 bits per heavy atom. The number of hydrogen-bond donors (Lipinski definition) is 1. The summed E-state index contributed by atoms with van der Waals surface area (Å²) < 4.78 is 7.31. The summed E-state index contributed by atoms with van der Waals surface area (Å²) in [6, 6.07) is 7.02. The number of carbonyl (C=O) groups excluding carboxylic acids is 2. The van der Waals surface area contributed by atoms with Crippen LogP contribution in [0.5, 0.6) is 5.75 Å². The molecule has 122 valence electrons. The molecule has 1 aromatic heterocycles. The van der Waals surface area contributed by atoms with Crippen molar-refractivity contribution in [2.24, 2.45) is 7.05 Å². The fourth-order valence-electron chi connectivity index (χ4n) is 1.96. The number of Topliss-reactive ketones (excluding diaryl/α,β-unsaturated/α-hetero) is 1. The summed E-state index contributed by atoms with van der Waals surface area (Å²) in [6.07, 6.45) is 2.55. The smallest absolute Gasteiger partial charge is 0.220 e. The minimum atomic E-state index is -0.0610. The second-order valence-corrected chi connectivity index (χ2v) is 5.17. The van der Waals surface area contributed by atoms with E-state index in [-0.39, 0.29) is 11.7 Å². The quantitative estimate of drug-likeness (QED) is 0.589. The molecule has 2 rings (SSSR count). The number of amides is 1. The Morgan fingerprint density at radius 3 is 2.87 bits per heavy atom. The summed E-state index contributed by atoms with van der Waals surface area (Å²) >= 11 is 0. The van der Waals surface area contributed by atoms with Crippen LogP contribution in [0.25, 0.3) is 0 Å². The van der Waals surface area contributed by atoms with Crippen LogP contribution in [0.15, 0.2) is 30.6 Å². The van der Waals surface area contributed by atoms with Gasteiger partial charge in [0.1, 0.15) is 12.1 Å². The van der Waals surface area contributed by atoms with Gasteiger partial charge in [0, 0.05) is 19.0 Å². The van der Waals surface area contributed by atoms with Gasteiger partial charge >= 0.3 is 0 Å². The number of hydrogen-bond acceptors (Lipinski definition) is 5. The number of carbonyl (C=O) groups is 2. The number of nitrogens with one attached hydrogen (secondary N) is 1. The molecule has 7 heteroatoms. The number of ether oxygens (including phenoxy) is 1. The summed E-state index contributed by atoms with van der Waals surface area (Å²) in [6.45, 7) is 2.29. The van der Waals surface area contributed by atoms with Crippen molar-refractivity contribution in [1.29, 1.82) is 0 Å². The highest BCUT2D eigenvalue weighted by atomic mass is 16.5. The molecule has 0 spiro atoms. The Balaban J connectivity index is 1.67. The number of benzene rings is 1. The van der Waals surface area contributed by atoms with E-state index < -0.39 is 0 Å². The zero-order valence-electron chi connectivity index (χ0n) is 13.3. The highest BCUT2D eigenvalue weighted by Gasteiger charge is 2.05. The molecule has 0 fully saturated rings. The highest BCUT2D eigenvalue weighted by Crippen LogP contribution is 2.14. The van der Waals surface area contributed by atoms with Crippen molar-refractivity contribution in [2.75, 3.05) is 6.61 Å². The van der Waals surface area contributed by atoms with E-state index in [1.165, 1.54) is 6.92 Å². The van der Waals surface area contributed by atoms with Gasteiger partial charge < -0.3 is 14.6 Å². The topological polar surface area (TPSA) is 86.1 Å². The van der Waals surface area contributed by atoms with Crippen LogP contribution >= 0.6 is 0 Å². The van der Waals surface area contributed by atoms with E-state index in [0.29, 0.717) is 43.1 Å². The van der Waals surface area contributed by atoms with Gasteiger partial charge in [-0.15, -0.1) is 10.2 Å². The molecule has 7 nitrogen and oxygen atoms in total. The van der Waals surface area contributed by atoms with Crippen LogP contribution in [-0.2, 0) is 18.4 Å². The maximum Gasteiger partial charge on any atom is 0.220 e. The molecule has 0 aliphatic rings. The fourth-order valence-corrected chi connectivity index (χ4v) is 1.96. The molecule has 1 aromatic carbocycles. The third-order valence-corrected chi connectivity index (χ3v) is 3.31. The molecule has 2 aromatic rings. The number of ketones is 1. The van der Waals surface area contributed by atoms with Crippen molar-refractivity contribution in [3.8, 4) is 5.75 Å². The largest absolute Gasteiger partial charge is 0.494 e. The second-order valence-electron chi connectivity index (χ2n) is 5.17. The second kappa shape index (κ2) is 8.07. The maximum atomic E-state index is 11.7. The highest BCUT2D eigenvalue weighted by molar-refractivity contribution is 5.94. The van der Waals surface area contributed by atoms with Gasteiger partial charge in [-0.25, -0.2) is 0 Å². The van der Waals surface area contributed by atoms with Gasteiger partial charge in [-0.1, -0.05) is 12.1 Å². The number of aromatic nitrogens is 3. The van der Waals surface area contributed by atoms with Crippen LogP contribution in [0.4, 0.5) is 0 Å². The van der Waals surface area contributed by atoms with Gasteiger partial charge in [-0.05, 0) is 25.5 Å². The molecule has 0 bridgehead atoms. The van der Waals surface area contributed by atoms with E-state index in [1.54, 1.807) is 35.2 Å². The third-order valence-electron chi connectivity index (χ3n) is 3.31. The molecular weight excluding hydrogens is 296 g/mol. The molecule has 23 heavy (non-hydrogen) atoms. The summed E-state index contributed by atoms with van der Waals surface area (Å²) in [7, 11) is 1.82. The lowest BCUT2D eigenvalue weighted by molar-refractivity contribution is -0.121. The minimum Gasteiger partial charge on any atom is -0.494 e. The Labute approximate surface area is 134 Å². The van der Waals surface area contributed by atoms with Crippen LogP contribution < -0.4 is 10.1 Å². The first-order valence-electron chi connectivity index (χ1n) is 7.39. The Bertz CT molecular complexity index is 681. The summed E-state index contributed by atoms with van der Waals surface area (Å²) in [5, 5.41) is 10.4. The molecular formula is C16H20N4O3. The van der Waals surface area contributed by atoms with Crippen molar-refractivity contribution < 1.29 is 14.3 Å². The summed E-state index contributed by atoms with van der Waals surface area (Å²) in [5.41, 5.74) is 0.615. The van der Waals surface area contributed by atoms with E-state index >= 15 is 0 Å². The van der Waals surface area contributed by atoms with Gasteiger partial charge in [-0.2, -0.15) is 0 Å². The van der Waals surface area contributed by atoms with E-state index in [9.17, 15) is 9.59 Å². The Kier molecular flexibility index (Phi) is 5.85. The van der Waals surface area contributed by atoms with Crippen LogP contribution in [-0.4, -0.2) is 33.1 Å². The monoisotopic (exact) mass is 316 g/mol. The Morgan fingerprint density at radius 1 is 1.35 bits per heavy atom. The van der Waals surface area contributed by atoms with Gasteiger partial charge in [0.25, 0.3) is 0 Å². The Hall–Kier alpha value is -2.70. The molecule has 0 saturated carbocycles. The first-order chi connectivity index (χ1) is 11.1. The normalized spacial score (nSPS) is 10.3. The van der Waals surface area contributed by atoms with Crippen LogP contribution in [0.1, 0.15) is 35.9 Å². The number of rotatable bonds is 8. The van der Waals surface area contributed by atoms with Crippen LogP contribution in [0.3, 0.4) is 0 Å². The molecule has 0 radical (unpaired) electrons. The van der Waals surface area contributed by atoms with Crippen LogP contribution in [0, 0.1) is 0 Å². The molecule has 0 atom stereocenters. The van der Waals surface area contributed by atoms with Crippen molar-refractivity contribution >= 4 is 11.7 Å². The van der Waals surface area contributed by atoms with E-state index in [1.807, 2.05) is 7.05 Å². The van der Waals surface area contributed by atoms with Crippen molar-refractivity contribution in [3.05, 3.63) is 42.0 Å².